The molecule has 0 heterocycles. The largest absolute Gasteiger partial charge is 0.309 e. The lowest BCUT2D eigenvalue weighted by molar-refractivity contribution is 0.540. The molecular formula is C14H13FO2S. The van der Waals surface area contributed by atoms with Gasteiger partial charge < -0.3 is 0 Å². The van der Waals surface area contributed by atoms with E-state index in [0.29, 0.717) is 5.56 Å². The Hall–Kier alpha value is -1.68. The zero-order valence-corrected chi connectivity index (χ0v) is 10.7. The van der Waals surface area contributed by atoms with Gasteiger partial charge in [0.05, 0.1) is 0 Å². The SMILES string of the molecule is CC(c1ccc(-c2ccccc2)cc1)S(=O)(=O)F. The van der Waals surface area contributed by atoms with Crippen LogP contribution in [-0.2, 0) is 10.2 Å². The fourth-order valence-corrected chi connectivity index (χ4v) is 2.22. The minimum atomic E-state index is -4.53. The molecule has 0 N–H and O–H groups in total. The predicted octanol–water partition coefficient (Wildman–Crippen LogP) is 3.71. The third-order valence-corrected chi connectivity index (χ3v) is 4.03. The van der Waals surface area contributed by atoms with Gasteiger partial charge in [-0.2, -0.15) is 8.42 Å². The van der Waals surface area contributed by atoms with Gasteiger partial charge in [0.2, 0.25) is 0 Å². The van der Waals surface area contributed by atoms with E-state index in [1.54, 1.807) is 24.3 Å². The van der Waals surface area contributed by atoms with Crippen molar-refractivity contribution in [2.75, 3.05) is 0 Å². The lowest BCUT2D eigenvalue weighted by Crippen LogP contribution is -2.03. The Morgan fingerprint density at radius 1 is 0.889 bits per heavy atom. The van der Waals surface area contributed by atoms with E-state index < -0.39 is 15.5 Å². The third kappa shape index (κ3) is 2.76. The highest BCUT2D eigenvalue weighted by Crippen LogP contribution is 2.26. The van der Waals surface area contributed by atoms with E-state index in [9.17, 15) is 12.3 Å². The summed E-state index contributed by atoms with van der Waals surface area (Å²) in [4.78, 5) is 0. The number of halogens is 1. The molecule has 0 fully saturated rings. The van der Waals surface area contributed by atoms with E-state index in [1.165, 1.54) is 6.92 Å². The normalized spacial score (nSPS) is 13.2. The van der Waals surface area contributed by atoms with Crippen LogP contribution >= 0.6 is 0 Å². The molecule has 0 aromatic heterocycles. The zero-order chi connectivity index (χ0) is 13.2. The second kappa shape index (κ2) is 4.90. The van der Waals surface area contributed by atoms with Gasteiger partial charge in [-0.05, 0) is 23.6 Å². The molecule has 0 saturated heterocycles. The van der Waals surface area contributed by atoms with Gasteiger partial charge in [-0.25, -0.2) is 0 Å². The summed E-state index contributed by atoms with van der Waals surface area (Å²) in [6, 6.07) is 16.6. The van der Waals surface area contributed by atoms with Crippen LogP contribution in [0.4, 0.5) is 3.89 Å². The molecule has 0 saturated carbocycles. The molecule has 2 nitrogen and oxygen atoms in total. The Bertz CT molecular complexity index is 619. The van der Waals surface area contributed by atoms with Crippen LogP contribution in [0.5, 0.6) is 0 Å². The second-order valence-electron chi connectivity index (χ2n) is 4.11. The summed E-state index contributed by atoms with van der Waals surface area (Å²) >= 11 is 0. The summed E-state index contributed by atoms with van der Waals surface area (Å²) in [5.74, 6) is 0. The lowest BCUT2D eigenvalue weighted by Gasteiger charge is -2.08. The van der Waals surface area contributed by atoms with Crippen molar-refractivity contribution < 1.29 is 12.3 Å². The molecule has 0 aliphatic heterocycles. The highest BCUT2D eigenvalue weighted by atomic mass is 32.3. The molecule has 2 aromatic carbocycles. The first kappa shape index (κ1) is 12.8. The number of rotatable bonds is 3. The quantitative estimate of drug-likeness (QED) is 0.792. The average molecular weight is 264 g/mol. The molecule has 1 atom stereocenters. The fraction of sp³-hybridized carbons (Fsp3) is 0.143. The van der Waals surface area contributed by atoms with Gasteiger partial charge in [-0.15, -0.1) is 3.89 Å². The summed E-state index contributed by atoms with van der Waals surface area (Å²) in [5.41, 5.74) is 2.47. The summed E-state index contributed by atoms with van der Waals surface area (Å²) in [6.45, 7) is 1.34. The molecule has 94 valence electrons. The van der Waals surface area contributed by atoms with Crippen LogP contribution in [0, 0.1) is 0 Å². The third-order valence-electron chi connectivity index (χ3n) is 2.91. The summed E-state index contributed by atoms with van der Waals surface area (Å²) in [6.07, 6.45) is 0. The summed E-state index contributed by atoms with van der Waals surface area (Å²) in [5, 5.41) is -1.12. The Morgan fingerprint density at radius 3 is 1.89 bits per heavy atom. The molecule has 2 rings (SSSR count). The van der Waals surface area contributed by atoms with Crippen molar-refractivity contribution in [2.24, 2.45) is 0 Å². The first-order chi connectivity index (χ1) is 8.48. The van der Waals surface area contributed by atoms with Crippen molar-refractivity contribution in [1.82, 2.24) is 0 Å². The lowest BCUT2D eigenvalue weighted by atomic mass is 10.0. The predicted molar refractivity (Wildman–Crippen MR) is 70.3 cm³/mol. The topological polar surface area (TPSA) is 34.1 Å². The van der Waals surface area contributed by atoms with Gasteiger partial charge >= 0.3 is 10.2 Å². The van der Waals surface area contributed by atoms with Crippen LogP contribution in [0.15, 0.2) is 54.6 Å². The van der Waals surface area contributed by atoms with Crippen molar-refractivity contribution in [3.8, 4) is 11.1 Å². The molecule has 0 bridgehead atoms. The van der Waals surface area contributed by atoms with E-state index in [2.05, 4.69) is 0 Å². The maximum Gasteiger partial charge on any atom is 0.309 e. The molecule has 0 aliphatic rings. The zero-order valence-electron chi connectivity index (χ0n) is 9.88. The Morgan fingerprint density at radius 2 is 1.39 bits per heavy atom. The van der Waals surface area contributed by atoms with Crippen LogP contribution in [0.1, 0.15) is 17.7 Å². The number of benzene rings is 2. The molecule has 2 aromatic rings. The van der Waals surface area contributed by atoms with Crippen LogP contribution in [0.3, 0.4) is 0 Å². The Kier molecular flexibility index (Phi) is 3.48. The van der Waals surface area contributed by atoms with E-state index in [-0.39, 0.29) is 0 Å². The molecular weight excluding hydrogens is 251 g/mol. The summed E-state index contributed by atoms with van der Waals surface area (Å²) < 4.78 is 34.5. The minimum absolute atomic E-state index is 0.456. The van der Waals surface area contributed by atoms with Crippen molar-refractivity contribution in [2.45, 2.75) is 12.2 Å². The van der Waals surface area contributed by atoms with Gasteiger partial charge in [0.25, 0.3) is 0 Å². The fourth-order valence-electron chi connectivity index (χ4n) is 1.74. The van der Waals surface area contributed by atoms with E-state index in [0.717, 1.165) is 11.1 Å². The van der Waals surface area contributed by atoms with E-state index in [1.807, 2.05) is 30.3 Å². The smallest absolute Gasteiger partial charge is 0.194 e. The minimum Gasteiger partial charge on any atom is -0.194 e. The van der Waals surface area contributed by atoms with Crippen molar-refractivity contribution in [1.29, 1.82) is 0 Å². The first-order valence-corrected chi connectivity index (χ1v) is 7.02. The summed E-state index contributed by atoms with van der Waals surface area (Å²) in [7, 11) is -4.53. The maximum atomic E-state index is 12.9. The Labute approximate surface area is 106 Å². The number of hydrogen-bond acceptors (Lipinski definition) is 2. The second-order valence-corrected chi connectivity index (χ2v) is 5.76. The van der Waals surface area contributed by atoms with Crippen molar-refractivity contribution >= 4 is 10.2 Å². The first-order valence-electron chi connectivity index (χ1n) is 5.57. The maximum absolute atomic E-state index is 12.9. The van der Waals surface area contributed by atoms with Crippen molar-refractivity contribution in [3.05, 3.63) is 60.2 Å². The van der Waals surface area contributed by atoms with Crippen LogP contribution in [0.25, 0.3) is 11.1 Å². The van der Waals surface area contributed by atoms with E-state index in [4.69, 9.17) is 0 Å². The average Bonchev–Trinajstić information content (AvgIpc) is 2.38. The highest BCUT2D eigenvalue weighted by molar-refractivity contribution is 7.86. The van der Waals surface area contributed by atoms with Crippen LogP contribution < -0.4 is 0 Å². The van der Waals surface area contributed by atoms with Gasteiger partial charge in [0.15, 0.2) is 0 Å². The molecule has 0 amide bonds. The van der Waals surface area contributed by atoms with Gasteiger partial charge in [0, 0.05) is 0 Å². The Balaban J connectivity index is 2.32. The monoisotopic (exact) mass is 264 g/mol. The highest BCUT2D eigenvalue weighted by Gasteiger charge is 2.21. The molecule has 18 heavy (non-hydrogen) atoms. The molecule has 4 heteroatoms. The standard InChI is InChI=1S/C14H13FO2S/c1-11(18(15,16)17)12-7-9-14(10-8-12)13-5-3-2-4-6-13/h2-11H,1H3. The molecule has 0 spiro atoms. The van der Waals surface area contributed by atoms with Crippen molar-refractivity contribution in [3.63, 3.8) is 0 Å². The molecule has 0 radical (unpaired) electrons. The van der Waals surface area contributed by atoms with Gasteiger partial charge in [0.1, 0.15) is 5.25 Å². The van der Waals surface area contributed by atoms with Crippen LogP contribution in [-0.4, -0.2) is 8.42 Å². The number of hydrogen-bond donors (Lipinski definition) is 0. The van der Waals surface area contributed by atoms with Gasteiger partial charge in [-0.1, -0.05) is 54.6 Å². The molecule has 0 aliphatic carbocycles. The van der Waals surface area contributed by atoms with Gasteiger partial charge in [-0.3, -0.25) is 0 Å². The van der Waals surface area contributed by atoms with Crippen LogP contribution in [0.2, 0.25) is 0 Å². The molecule has 1 unspecified atom stereocenters. The van der Waals surface area contributed by atoms with E-state index >= 15 is 0 Å².